The van der Waals surface area contributed by atoms with Crippen LogP contribution in [-0.2, 0) is 4.79 Å². The molecule has 0 unspecified atom stereocenters. The number of benzene rings is 2. The van der Waals surface area contributed by atoms with Crippen molar-refractivity contribution in [1.82, 2.24) is 0 Å². The standard InChI is InChI=1S/C16H10BrClN2O2/c17-12-2-1-3-14(8-12)20-16(22)11(9-19)6-10-7-13(18)4-5-15(10)21/h1-8,21H,(H,20,22). The van der Waals surface area contributed by atoms with E-state index in [1.54, 1.807) is 18.2 Å². The zero-order chi connectivity index (χ0) is 16.1. The van der Waals surface area contributed by atoms with E-state index in [0.717, 1.165) is 4.47 Å². The highest BCUT2D eigenvalue weighted by Gasteiger charge is 2.11. The smallest absolute Gasteiger partial charge is 0.266 e. The van der Waals surface area contributed by atoms with Crippen molar-refractivity contribution in [2.45, 2.75) is 0 Å². The lowest BCUT2D eigenvalue weighted by Crippen LogP contribution is -2.13. The molecule has 0 saturated carbocycles. The Morgan fingerprint density at radius 1 is 1.32 bits per heavy atom. The normalized spacial score (nSPS) is 10.9. The molecule has 0 bridgehead atoms. The van der Waals surface area contributed by atoms with Gasteiger partial charge in [-0.15, -0.1) is 0 Å². The number of hydrogen-bond donors (Lipinski definition) is 2. The second-order valence-electron chi connectivity index (χ2n) is 4.34. The van der Waals surface area contributed by atoms with Crippen molar-refractivity contribution in [3.05, 3.63) is 63.1 Å². The maximum absolute atomic E-state index is 12.1. The van der Waals surface area contributed by atoms with Crippen molar-refractivity contribution in [2.75, 3.05) is 5.32 Å². The summed E-state index contributed by atoms with van der Waals surface area (Å²) in [6, 6.07) is 13.2. The van der Waals surface area contributed by atoms with Crippen molar-refractivity contribution in [1.29, 1.82) is 5.26 Å². The first-order chi connectivity index (χ1) is 10.5. The van der Waals surface area contributed by atoms with Crippen LogP contribution in [0.1, 0.15) is 5.56 Å². The minimum Gasteiger partial charge on any atom is -0.507 e. The van der Waals surface area contributed by atoms with Crippen LogP contribution in [0.15, 0.2) is 52.5 Å². The number of nitriles is 1. The summed E-state index contributed by atoms with van der Waals surface area (Å²) in [7, 11) is 0. The van der Waals surface area contributed by atoms with Gasteiger partial charge in [-0.2, -0.15) is 5.26 Å². The number of phenolic OH excluding ortho intramolecular Hbond substituents is 1. The number of amides is 1. The van der Waals surface area contributed by atoms with Gasteiger partial charge in [0, 0.05) is 20.7 Å². The van der Waals surface area contributed by atoms with E-state index in [1.165, 1.54) is 24.3 Å². The molecule has 4 nitrogen and oxygen atoms in total. The Kier molecular flexibility index (Phi) is 5.21. The van der Waals surface area contributed by atoms with E-state index in [1.807, 2.05) is 12.1 Å². The minimum atomic E-state index is -0.569. The van der Waals surface area contributed by atoms with Crippen molar-refractivity contribution in [3.8, 4) is 11.8 Å². The fourth-order valence-corrected chi connectivity index (χ4v) is 2.29. The van der Waals surface area contributed by atoms with Crippen LogP contribution >= 0.6 is 27.5 Å². The van der Waals surface area contributed by atoms with Crippen LogP contribution in [0, 0.1) is 11.3 Å². The highest BCUT2D eigenvalue weighted by atomic mass is 79.9. The molecule has 6 heteroatoms. The van der Waals surface area contributed by atoms with Gasteiger partial charge in [0.1, 0.15) is 17.4 Å². The first kappa shape index (κ1) is 16.1. The van der Waals surface area contributed by atoms with Gasteiger partial charge in [-0.3, -0.25) is 4.79 Å². The summed E-state index contributed by atoms with van der Waals surface area (Å²) in [6.45, 7) is 0. The molecule has 0 radical (unpaired) electrons. The maximum atomic E-state index is 12.1. The van der Waals surface area contributed by atoms with E-state index in [4.69, 9.17) is 16.9 Å². The van der Waals surface area contributed by atoms with Crippen LogP contribution in [0.25, 0.3) is 6.08 Å². The number of halogens is 2. The third-order valence-corrected chi connectivity index (χ3v) is 3.47. The Morgan fingerprint density at radius 3 is 2.77 bits per heavy atom. The Balaban J connectivity index is 2.28. The van der Waals surface area contributed by atoms with Crippen LogP contribution in [0.5, 0.6) is 5.75 Å². The summed E-state index contributed by atoms with van der Waals surface area (Å²) >= 11 is 9.14. The molecule has 2 rings (SSSR count). The first-order valence-electron chi connectivity index (χ1n) is 6.17. The number of hydrogen-bond acceptors (Lipinski definition) is 3. The Bertz CT molecular complexity index is 797. The largest absolute Gasteiger partial charge is 0.507 e. The Hall–Kier alpha value is -2.29. The third-order valence-electron chi connectivity index (χ3n) is 2.74. The fraction of sp³-hybridized carbons (Fsp3) is 0. The van der Waals surface area contributed by atoms with Gasteiger partial charge in [-0.05, 0) is 42.5 Å². The molecule has 110 valence electrons. The fourth-order valence-electron chi connectivity index (χ4n) is 1.71. The number of anilines is 1. The molecule has 0 spiro atoms. The third kappa shape index (κ3) is 4.10. The van der Waals surface area contributed by atoms with Gasteiger partial charge in [-0.1, -0.05) is 33.6 Å². The van der Waals surface area contributed by atoms with Gasteiger partial charge in [0.25, 0.3) is 5.91 Å². The average molecular weight is 378 g/mol. The highest BCUT2D eigenvalue weighted by Crippen LogP contribution is 2.24. The number of nitrogens with zero attached hydrogens (tertiary/aromatic N) is 1. The summed E-state index contributed by atoms with van der Waals surface area (Å²) in [4.78, 5) is 12.1. The molecule has 2 aromatic carbocycles. The Labute approximate surface area is 140 Å². The summed E-state index contributed by atoms with van der Waals surface area (Å²) in [6.07, 6.45) is 1.29. The molecule has 0 fully saturated rings. The molecule has 1 amide bonds. The van der Waals surface area contributed by atoms with Gasteiger partial charge < -0.3 is 10.4 Å². The predicted octanol–water partition coefficient (Wildman–Crippen LogP) is 4.35. The molecule has 22 heavy (non-hydrogen) atoms. The number of rotatable bonds is 3. The number of phenols is 1. The lowest BCUT2D eigenvalue weighted by Gasteiger charge is -2.05. The first-order valence-corrected chi connectivity index (χ1v) is 7.34. The van der Waals surface area contributed by atoms with Crippen molar-refractivity contribution < 1.29 is 9.90 Å². The SMILES string of the molecule is N#CC(=Cc1cc(Cl)ccc1O)C(=O)Nc1cccc(Br)c1. The highest BCUT2D eigenvalue weighted by molar-refractivity contribution is 9.10. The zero-order valence-corrected chi connectivity index (χ0v) is 13.5. The van der Waals surface area contributed by atoms with Gasteiger partial charge in [0.15, 0.2) is 0 Å². The molecule has 0 heterocycles. The minimum absolute atomic E-state index is 0.0626. The van der Waals surface area contributed by atoms with Crippen molar-refractivity contribution in [2.24, 2.45) is 0 Å². The van der Waals surface area contributed by atoms with Crippen molar-refractivity contribution >= 4 is 45.2 Å². The van der Waals surface area contributed by atoms with E-state index in [9.17, 15) is 9.90 Å². The number of nitrogens with one attached hydrogen (secondary N) is 1. The van der Waals surface area contributed by atoms with E-state index in [0.29, 0.717) is 16.3 Å². The maximum Gasteiger partial charge on any atom is 0.266 e. The second kappa shape index (κ2) is 7.12. The second-order valence-corrected chi connectivity index (χ2v) is 5.69. The number of aromatic hydroxyl groups is 1. The van der Waals surface area contributed by atoms with Crippen LogP contribution in [0.2, 0.25) is 5.02 Å². The molecule has 0 aliphatic rings. The van der Waals surface area contributed by atoms with E-state index in [2.05, 4.69) is 21.2 Å². The van der Waals surface area contributed by atoms with Gasteiger partial charge >= 0.3 is 0 Å². The van der Waals surface area contributed by atoms with Crippen LogP contribution < -0.4 is 5.32 Å². The number of carbonyl (C=O) groups excluding carboxylic acids is 1. The lowest BCUT2D eigenvalue weighted by atomic mass is 10.1. The summed E-state index contributed by atoms with van der Waals surface area (Å²) in [5, 5.41) is 21.9. The molecule has 0 aromatic heterocycles. The molecule has 0 atom stereocenters. The molecule has 0 aliphatic heterocycles. The monoisotopic (exact) mass is 376 g/mol. The summed E-state index contributed by atoms with van der Waals surface area (Å²) in [5.41, 5.74) is 0.710. The average Bonchev–Trinajstić information content (AvgIpc) is 2.48. The molecule has 0 aliphatic carbocycles. The van der Waals surface area contributed by atoms with Crippen LogP contribution in [0.3, 0.4) is 0 Å². The van der Waals surface area contributed by atoms with E-state index in [-0.39, 0.29) is 11.3 Å². The van der Waals surface area contributed by atoms with E-state index >= 15 is 0 Å². The van der Waals surface area contributed by atoms with Gasteiger partial charge in [0.2, 0.25) is 0 Å². The molecule has 0 saturated heterocycles. The predicted molar refractivity (Wildman–Crippen MR) is 89.5 cm³/mol. The molecule has 2 N–H and O–H groups in total. The number of carbonyl (C=O) groups is 1. The van der Waals surface area contributed by atoms with E-state index < -0.39 is 5.91 Å². The van der Waals surface area contributed by atoms with Gasteiger partial charge in [0.05, 0.1) is 0 Å². The van der Waals surface area contributed by atoms with Crippen LogP contribution in [-0.4, -0.2) is 11.0 Å². The Morgan fingerprint density at radius 2 is 2.09 bits per heavy atom. The molecular formula is C16H10BrClN2O2. The quantitative estimate of drug-likeness (QED) is 0.617. The molecule has 2 aromatic rings. The topological polar surface area (TPSA) is 73.1 Å². The summed E-state index contributed by atoms with van der Waals surface area (Å²) in [5.74, 6) is -0.632. The lowest BCUT2D eigenvalue weighted by molar-refractivity contribution is -0.112. The molecular weight excluding hydrogens is 368 g/mol. The summed E-state index contributed by atoms with van der Waals surface area (Å²) < 4.78 is 0.806. The van der Waals surface area contributed by atoms with Gasteiger partial charge in [-0.25, -0.2) is 0 Å². The van der Waals surface area contributed by atoms with Crippen LogP contribution in [0.4, 0.5) is 5.69 Å². The van der Waals surface area contributed by atoms with Crippen molar-refractivity contribution in [3.63, 3.8) is 0 Å². The zero-order valence-electron chi connectivity index (χ0n) is 11.2.